The largest absolute Gasteiger partial charge is 0.280 e. The van der Waals surface area contributed by atoms with Crippen molar-refractivity contribution in [3.05, 3.63) is 80.1 Å². The number of rotatable bonds is 4. The van der Waals surface area contributed by atoms with Gasteiger partial charge in [-0.15, -0.1) is 0 Å². The van der Waals surface area contributed by atoms with Crippen LogP contribution in [0, 0.1) is 0 Å². The van der Waals surface area contributed by atoms with Gasteiger partial charge < -0.3 is 0 Å². The van der Waals surface area contributed by atoms with Crippen LogP contribution in [0.15, 0.2) is 85.0 Å². The van der Waals surface area contributed by atoms with E-state index in [9.17, 15) is 8.42 Å². The van der Waals surface area contributed by atoms with E-state index < -0.39 is 10.0 Å². The first-order valence-corrected chi connectivity index (χ1v) is 11.1. The van der Waals surface area contributed by atoms with Gasteiger partial charge in [0, 0.05) is 24.7 Å². The number of hydrogen-bond acceptors (Lipinski definition) is 2. The number of para-hydroxylation sites is 1. The van der Waals surface area contributed by atoms with Crippen molar-refractivity contribution in [2.75, 3.05) is 4.72 Å². The van der Waals surface area contributed by atoms with Crippen LogP contribution in [0.5, 0.6) is 0 Å². The van der Waals surface area contributed by atoms with Gasteiger partial charge in [0.25, 0.3) is 10.0 Å². The van der Waals surface area contributed by atoms with Crippen LogP contribution >= 0.6 is 47.8 Å². The molecule has 3 aromatic carbocycles. The zero-order chi connectivity index (χ0) is 18.0. The molecule has 0 saturated carbocycles. The summed E-state index contributed by atoms with van der Waals surface area (Å²) < 4.78 is 30.9. The molecule has 3 rings (SSSR count). The maximum atomic E-state index is 12.9. The van der Waals surface area contributed by atoms with Gasteiger partial charge in [0.05, 0.1) is 4.90 Å². The van der Waals surface area contributed by atoms with Gasteiger partial charge in [-0.25, -0.2) is 8.42 Å². The molecule has 0 aliphatic carbocycles. The fourth-order valence-electron chi connectivity index (χ4n) is 2.37. The first-order valence-electron chi connectivity index (χ1n) is 7.21. The van der Waals surface area contributed by atoms with Crippen LogP contribution in [-0.2, 0) is 10.0 Å². The lowest BCUT2D eigenvalue weighted by atomic mass is 10.1. The zero-order valence-corrected chi connectivity index (χ0v) is 18.3. The minimum absolute atomic E-state index is 0.216. The summed E-state index contributed by atoms with van der Waals surface area (Å²) in [4.78, 5) is 0.216. The Morgan fingerprint density at radius 3 is 2.04 bits per heavy atom. The molecule has 128 valence electrons. The second-order valence-corrected chi connectivity index (χ2v) is 9.28. The van der Waals surface area contributed by atoms with Crippen molar-refractivity contribution < 1.29 is 8.42 Å². The lowest BCUT2D eigenvalue weighted by Crippen LogP contribution is -2.14. The van der Waals surface area contributed by atoms with E-state index in [-0.39, 0.29) is 4.90 Å². The molecule has 3 nitrogen and oxygen atoms in total. The van der Waals surface area contributed by atoms with E-state index in [2.05, 4.69) is 52.5 Å². The molecule has 0 aromatic heterocycles. The van der Waals surface area contributed by atoms with E-state index in [0.29, 0.717) is 11.3 Å². The van der Waals surface area contributed by atoms with E-state index >= 15 is 0 Å². The Bertz CT molecular complexity index is 1020. The molecule has 0 bridgehead atoms. The molecule has 0 aliphatic heterocycles. The van der Waals surface area contributed by atoms with Gasteiger partial charge in [-0.2, -0.15) is 0 Å². The number of anilines is 1. The molecule has 25 heavy (non-hydrogen) atoms. The van der Waals surface area contributed by atoms with Gasteiger partial charge in [-0.05, 0) is 77.6 Å². The number of sulfonamides is 1. The van der Waals surface area contributed by atoms with Gasteiger partial charge in [0.2, 0.25) is 0 Å². The maximum absolute atomic E-state index is 12.9. The number of benzene rings is 3. The van der Waals surface area contributed by atoms with Gasteiger partial charge in [0.1, 0.15) is 0 Å². The predicted molar refractivity (Wildman–Crippen MR) is 112 cm³/mol. The van der Waals surface area contributed by atoms with E-state index in [1.54, 1.807) is 42.5 Å². The molecular formula is C18H12Br3NO2S. The molecule has 1 N–H and O–H groups in total. The molecule has 0 radical (unpaired) electrons. The minimum atomic E-state index is -3.73. The Morgan fingerprint density at radius 2 is 1.32 bits per heavy atom. The summed E-state index contributed by atoms with van der Waals surface area (Å²) in [6.45, 7) is 0. The molecule has 0 heterocycles. The minimum Gasteiger partial charge on any atom is -0.280 e. The lowest BCUT2D eigenvalue weighted by Gasteiger charge is -2.14. The summed E-state index contributed by atoms with van der Waals surface area (Å²) in [5, 5.41) is 0. The van der Waals surface area contributed by atoms with Crippen molar-refractivity contribution in [1.29, 1.82) is 0 Å². The van der Waals surface area contributed by atoms with Crippen molar-refractivity contribution in [1.82, 2.24) is 0 Å². The number of hydrogen-bond donors (Lipinski definition) is 1. The molecule has 0 saturated heterocycles. The van der Waals surface area contributed by atoms with Crippen LogP contribution in [-0.4, -0.2) is 8.42 Å². The Morgan fingerprint density at radius 1 is 0.680 bits per heavy atom. The van der Waals surface area contributed by atoms with Gasteiger partial charge in [-0.3, -0.25) is 4.72 Å². The second kappa shape index (κ2) is 7.61. The highest BCUT2D eigenvalue weighted by Gasteiger charge is 2.21. The highest BCUT2D eigenvalue weighted by Crippen LogP contribution is 2.40. The van der Waals surface area contributed by atoms with Crippen LogP contribution in [0.3, 0.4) is 0 Å². The Hall–Kier alpha value is -1.15. The van der Waals surface area contributed by atoms with Crippen LogP contribution in [0.25, 0.3) is 11.1 Å². The monoisotopic (exact) mass is 543 g/mol. The summed E-state index contributed by atoms with van der Waals surface area (Å²) in [7, 11) is -3.73. The molecule has 0 fully saturated rings. The summed E-state index contributed by atoms with van der Waals surface area (Å²) >= 11 is 10.5. The third kappa shape index (κ3) is 4.00. The van der Waals surface area contributed by atoms with E-state index in [1.165, 1.54) is 0 Å². The third-order valence-electron chi connectivity index (χ3n) is 3.53. The van der Waals surface area contributed by atoms with Crippen molar-refractivity contribution in [2.45, 2.75) is 4.90 Å². The predicted octanol–water partition coefficient (Wildman–Crippen LogP) is 6.44. The van der Waals surface area contributed by atoms with Crippen molar-refractivity contribution in [2.24, 2.45) is 0 Å². The highest BCUT2D eigenvalue weighted by molar-refractivity contribution is 9.14. The van der Waals surface area contributed by atoms with Crippen molar-refractivity contribution in [3.8, 4) is 11.1 Å². The third-order valence-corrected chi connectivity index (χ3v) is 8.34. The maximum Gasteiger partial charge on any atom is 0.262 e. The fraction of sp³-hybridized carbons (Fsp3) is 0. The molecule has 7 heteroatoms. The summed E-state index contributed by atoms with van der Waals surface area (Å²) in [5.41, 5.74) is 1.92. The normalized spacial score (nSPS) is 11.3. The zero-order valence-electron chi connectivity index (χ0n) is 12.7. The second-order valence-electron chi connectivity index (χ2n) is 5.19. The lowest BCUT2D eigenvalue weighted by molar-refractivity contribution is 0.601. The average molecular weight is 546 g/mol. The highest BCUT2D eigenvalue weighted by atomic mass is 79.9. The SMILES string of the molecule is O=S(=O)(Nc1ccccc1)c1ccccc1-c1ccc(Br)c(Br)c1Br. The molecule has 0 spiro atoms. The van der Waals surface area contributed by atoms with Gasteiger partial charge in [-0.1, -0.05) is 42.5 Å². The van der Waals surface area contributed by atoms with E-state index in [4.69, 9.17) is 0 Å². The van der Waals surface area contributed by atoms with Gasteiger partial charge in [0.15, 0.2) is 0 Å². The number of halogens is 3. The van der Waals surface area contributed by atoms with E-state index in [0.717, 1.165) is 19.0 Å². The van der Waals surface area contributed by atoms with Crippen LogP contribution < -0.4 is 4.72 Å². The summed E-state index contributed by atoms with van der Waals surface area (Å²) in [6, 6.07) is 19.5. The molecule has 0 aliphatic rings. The first-order chi connectivity index (χ1) is 11.9. The van der Waals surface area contributed by atoms with Crippen LogP contribution in [0.4, 0.5) is 5.69 Å². The quantitative estimate of drug-likeness (QED) is 0.383. The topological polar surface area (TPSA) is 46.2 Å². The Balaban J connectivity index is 2.12. The smallest absolute Gasteiger partial charge is 0.262 e. The standard InChI is InChI=1S/C18H12Br3NO2S/c19-15-11-10-14(17(20)18(15)21)13-8-4-5-9-16(13)25(23,24)22-12-6-2-1-3-7-12/h1-11,22H. The molecule has 0 unspecified atom stereocenters. The molecule has 0 atom stereocenters. The van der Waals surface area contributed by atoms with Crippen molar-refractivity contribution >= 4 is 63.5 Å². The summed E-state index contributed by atoms with van der Waals surface area (Å²) in [6.07, 6.45) is 0. The molecular weight excluding hydrogens is 534 g/mol. The molecule has 3 aromatic rings. The Kier molecular flexibility index (Phi) is 5.68. The Labute approximate surface area is 171 Å². The fourth-order valence-corrected chi connectivity index (χ4v) is 5.16. The van der Waals surface area contributed by atoms with Crippen molar-refractivity contribution in [3.63, 3.8) is 0 Å². The van der Waals surface area contributed by atoms with E-state index in [1.807, 2.05) is 24.3 Å². The molecule has 0 amide bonds. The average Bonchev–Trinajstić information content (AvgIpc) is 2.60. The summed E-state index contributed by atoms with van der Waals surface area (Å²) in [5.74, 6) is 0. The van der Waals surface area contributed by atoms with Crippen LogP contribution in [0.2, 0.25) is 0 Å². The van der Waals surface area contributed by atoms with Gasteiger partial charge >= 0.3 is 0 Å². The van der Waals surface area contributed by atoms with Crippen LogP contribution in [0.1, 0.15) is 0 Å². The first kappa shape index (κ1) is 18.6. The number of nitrogens with one attached hydrogen (secondary N) is 1.